The summed E-state index contributed by atoms with van der Waals surface area (Å²) in [4.78, 5) is 33.5. The lowest BCUT2D eigenvalue weighted by atomic mass is 10.1. The predicted molar refractivity (Wildman–Crippen MR) is 142 cm³/mol. The third-order valence-electron chi connectivity index (χ3n) is 6.35. The maximum absolute atomic E-state index is 13.0. The number of piperazine rings is 1. The van der Waals surface area contributed by atoms with Gasteiger partial charge in [-0.15, -0.1) is 0 Å². The number of benzene rings is 2. The van der Waals surface area contributed by atoms with Gasteiger partial charge in [0, 0.05) is 42.8 Å². The van der Waals surface area contributed by atoms with Gasteiger partial charge in [-0.1, -0.05) is 35.0 Å². The highest BCUT2D eigenvalue weighted by Crippen LogP contribution is 2.16. The summed E-state index contributed by atoms with van der Waals surface area (Å²) in [6, 6.07) is 12.8. The van der Waals surface area contributed by atoms with Crippen LogP contribution >= 0.6 is 28.1 Å². The summed E-state index contributed by atoms with van der Waals surface area (Å²) in [5.74, 6) is -0.0765. The number of nitrogens with zero attached hydrogens (tertiary/aromatic N) is 3. The first kappa shape index (κ1) is 24.8. The van der Waals surface area contributed by atoms with Crippen LogP contribution in [0.3, 0.4) is 0 Å². The smallest absolute Gasteiger partial charge is 0.262 e. The molecule has 0 bridgehead atoms. The minimum atomic E-state index is -0.141. The lowest BCUT2D eigenvalue weighted by Crippen LogP contribution is -2.46. The Balaban J connectivity index is 1.31. The Bertz CT molecular complexity index is 1260. The van der Waals surface area contributed by atoms with Crippen LogP contribution in [-0.4, -0.2) is 71.1 Å². The van der Waals surface area contributed by atoms with E-state index in [2.05, 4.69) is 43.0 Å². The number of carbonyl (C=O) groups excluding carboxylic acids is 1. The third kappa shape index (κ3) is 6.02. The van der Waals surface area contributed by atoms with E-state index in [1.807, 2.05) is 24.3 Å². The van der Waals surface area contributed by atoms with Crippen molar-refractivity contribution in [2.75, 3.05) is 45.8 Å². The van der Waals surface area contributed by atoms with E-state index >= 15 is 0 Å². The van der Waals surface area contributed by atoms with Gasteiger partial charge in [-0.3, -0.25) is 14.2 Å². The molecule has 0 saturated carbocycles. The van der Waals surface area contributed by atoms with Crippen molar-refractivity contribution >= 4 is 45.0 Å². The number of amides is 1. The van der Waals surface area contributed by atoms with E-state index in [1.165, 1.54) is 0 Å². The molecule has 0 spiro atoms. The average Bonchev–Trinajstić information content (AvgIpc) is 2.85. The van der Waals surface area contributed by atoms with E-state index < -0.39 is 0 Å². The van der Waals surface area contributed by atoms with Crippen LogP contribution in [0.25, 0.3) is 10.9 Å². The highest BCUT2D eigenvalue weighted by molar-refractivity contribution is 9.10. The highest BCUT2D eigenvalue weighted by Gasteiger charge is 2.15. The summed E-state index contributed by atoms with van der Waals surface area (Å²) in [5.41, 5.74) is 2.08. The summed E-state index contributed by atoms with van der Waals surface area (Å²) in [6.45, 7) is 9.78. The Morgan fingerprint density at radius 3 is 2.50 bits per heavy atom. The number of H-pyrrole nitrogens is 1. The molecular formula is C25H30BrN5O2S. The molecule has 0 radical (unpaired) electrons. The molecule has 34 heavy (non-hydrogen) atoms. The number of hydrogen-bond acceptors (Lipinski definition) is 5. The zero-order chi connectivity index (χ0) is 24.1. The zero-order valence-electron chi connectivity index (χ0n) is 19.3. The summed E-state index contributed by atoms with van der Waals surface area (Å²) in [5, 5.41) is 3.59. The Kier molecular flexibility index (Phi) is 8.31. The van der Waals surface area contributed by atoms with E-state index in [-0.39, 0.29) is 11.5 Å². The van der Waals surface area contributed by atoms with E-state index in [1.54, 1.807) is 22.8 Å². The second-order valence-corrected chi connectivity index (χ2v) is 9.90. The van der Waals surface area contributed by atoms with Crippen molar-refractivity contribution < 1.29 is 4.79 Å². The largest absolute Gasteiger partial charge is 0.352 e. The number of rotatable bonds is 8. The highest BCUT2D eigenvalue weighted by atomic mass is 79.9. The molecule has 1 aliphatic rings. The van der Waals surface area contributed by atoms with Gasteiger partial charge in [-0.25, -0.2) is 0 Å². The molecule has 1 aromatic heterocycles. The van der Waals surface area contributed by atoms with Gasteiger partial charge < -0.3 is 20.1 Å². The Morgan fingerprint density at radius 2 is 1.79 bits per heavy atom. The van der Waals surface area contributed by atoms with Crippen molar-refractivity contribution in [2.45, 2.75) is 19.9 Å². The molecule has 3 aromatic rings. The molecule has 0 unspecified atom stereocenters. The first-order valence-electron chi connectivity index (χ1n) is 11.7. The van der Waals surface area contributed by atoms with Gasteiger partial charge in [0.2, 0.25) is 0 Å². The SMILES string of the molecule is CCN1CCN(CCCNC(=O)c2ccc(Cn3c(=S)[nH]c4ccc(Br)cc4c3=O)cc2)CC1. The first-order valence-corrected chi connectivity index (χ1v) is 12.9. The normalized spacial score (nSPS) is 15.0. The minimum Gasteiger partial charge on any atom is -0.352 e. The van der Waals surface area contributed by atoms with Crippen molar-refractivity contribution in [2.24, 2.45) is 0 Å². The van der Waals surface area contributed by atoms with Gasteiger partial charge >= 0.3 is 0 Å². The number of halogens is 1. The summed E-state index contributed by atoms with van der Waals surface area (Å²) >= 11 is 8.83. The van der Waals surface area contributed by atoms with E-state index in [0.29, 0.717) is 34.3 Å². The topological polar surface area (TPSA) is 73.4 Å². The van der Waals surface area contributed by atoms with Crippen LogP contribution in [0.2, 0.25) is 0 Å². The average molecular weight is 545 g/mol. The van der Waals surface area contributed by atoms with Crippen molar-refractivity contribution in [1.82, 2.24) is 24.7 Å². The number of aromatic nitrogens is 2. The maximum Gasteiger partial charge on any atom is 0.262 e. The fourth-order valence-electron chi connectivity index (χ4n) is 4.25. The Labute approximate surface area is 212 Å². The summed E-state index contributed by atoms with van der Waals surface area (Å²) in [7, 11) is 0. The fourth-order valence-corrected chi connectivity index (χ4v) is 4.86. The Hall–Kier alpha value is -2.33. The van der Waals surface area contributed by atoms with Gasteiger partial charge in [0.15, 0.2) is 4.77 Å². The van der Waals surface area contributed by atoms with Crippen molar-refractivity contribution in [1.29, 1.82) is 0 Å². The molecule has 0 aliphatic carbocycles. The van der Waals surface area contributed by atoms with Crippen molar-refractivity contribution in [3.05, 3.63) is 73.2 Å². The molecule has 2 heterocycles. The molecule has 2 N–H and O–H groups in total. The van der Waals surface area contributed by atoms with E-state index in [0.717, 1.165) is 55.7 Å². The lowest BCUT2D eigenvalue weighted by Gasteiger charge is -2.33. The molecule has 1 aliphatic heterocycles. The second-order valence-electron chi connectivity index (χ2n) is 8.59. The number of nitrogens with one attached hydrogen (secondary N) is 2. The van der Waals surface area contributed by atoms with Crippen LogP contribution in [0.1, 0.15) is 29.3 Å². The quantitative estimate of drug-likeness (QED) is 0.335. The van der Waals surface area contributed by atoms with Crippen LogP contribution in [0, 0.1) is 4.77 Å². The molecule has 1 saturated heterocycles. The monoisotopic (exact) mass is 543 g/mol. The molecule has 7 nitrogen and oxygen atoms in total. The lowest BCUT2D eigenvalue weighted by molar-refractivity contribution is 0.0948. The predicted octanol–water partition coefficient (Wildman–Crippen LogP) is 3.63. The zero-order valence-corrected chi connectivity index (χ0v) is 21.8. The van der Waals surface area contributed by atoms with Crippen LogP contribution < -0.4 is 10.9 Å². The minimum absolute atomic E-state index is 0.0765. The van der Waals surface area contributed by atoms with Crippen LogP contribution in [0.4, 0.5) is 0 Å². The fraction of sp³-hybridized carbons (Fsp3) is 0.400. The number of hydrogen-bond donors (Lipinski definition) is 2. The van der Waals surface area contributed by atoms with E-state index in [4.69, 9.17) is 12.2 Å². The number of likely N-dealkylation sites (N-methyl/N-ethyl adjacent to an activating group) is 1. The summed E-state index contributed by atoms with van der Waals surface area (Å²) < 4.78 is 2.75. The molecule has 0 atom stereocenters. The number of carbonyl (C=O) groups is 1. The van der Waals surface area contributed by atoms with Gasteiger partial charge in [0.1, 0.15) is 0 Å². The summed E-state index contributed by atoms with van der Waals surface area (Å²) in [6.07, 6.45) is 0.940. The van der Waals surface area contributed by atoms with Crippen molar-refractivity contribution in [3.8, 4) is 0 Å². The molecular weight excluding hydrogens is 514 g/mol. The third-order valence-corrected chi connectivity index (χ3v) is 7.17. The molecule has 9 heteroatoms. The van der Waals surface area contributed by atoms with Crippen LogP contribution in [0.5, 0.6) is 0 Å². The number of fused-ring (bicyclic) bond motifs is 1. The molecule has 2 aromatic carbocycles. The Morgan fingerprint density at radius 1 is 1.09 bits per heavy atom. The van der Waals surface area contributed by atoms with Gasteiger partial charge in [0.25, 0.3) is 11.5 Å². The first-order chi connectivity index (χ1) is 16.4. The van der Waals surface area contributed by atoms with Crippen LogP contribution in [0.15, 0.2) is 51.7 Å². The standard InChI is InChI=1S/C25H30BrN5O2S/c1-2-29-12-14-30(15-13-29)11-3-10-27-23(32)19-6-4-18(5-7-19)17-31-24(33)21-16-20(26)8-9-22(21)28-25(31)34/h4-9,16H,2-3,10-15,17H2,1H3,(H,27,32)(H,28,34). The van der Waals surface area contributed by atoms with Crippen molar-refractivity contribution in [3.63, 3.8) is 0 Å². The number of aromatic amines is 1. The molecule has 1 fully saturated rings. The second kappa shape index (κ2) is 11.4. The van der Waals surface area contributed by atoms with Gasteiger partial charge in [-0.05, 0) is 67.6 Å². The molecule has 4 rings (SSSR count). The van der Waals surface area contributed by atoms with Gasteiger partial charge in [0.05, 0.1) is 17.4 Å². The van der Waals surface area contributed by atoms with E-state index in [9.17, 15) is 9.59 Å². The van der Waals surface area contributed by atoms with Crippen LogP contribution in [-0.2, 0) is 6.54 Å². The maximum atomic E-state index is 13.0. The molecule has 180 valence electrons. The van der Waals surface area contributed by atoms with Gasteiger partial charge in [-0.2, -0.15) is 0 Å². The molecule has 1 amide bonds.